The zero-order chi connectivity index (χ0) is 12.8. The normalized spacial score (nSPS) is 12.5. The Morgan fingerprint density at radius 1 is 1.53 bits per heavy atom. The highest BCUT2D eigenvalue weighted by molar-refractivity contribution is 9.10. The molecule has 0 amide bonds. The number of ketones is 1. The number of hydrogen-bond donors (Lipinski definition) is 0. The van der Waals surface area contributed by atoms with Gasteiger partial charge in [-0.3, -0.25) is 4.79 Å². The molecule has 1 atom stereocenters. The Balaban J connectivity index is 2.58. The molecular formula is C13H16BrFO2. The van der Waals surface area contributed by atoms with Gasteiger partial charge in [0.1, 0.15) is 11.6 Å². The van der Waals surface area contributed by atoms with Crippen molar-refractivity contribution in [2.45, 2.75) is 19.8 Å². The first-order valence-corrected chi connectivity index (χ1v) is 6.26. The number of carbonyl (C=O) groups excluding carboxylic acids is 1. The van der Waals surface area contributed by atoms with Gasteiger partial charge in [-0.15, -0.1) is 0 Å². The van der Waals surface area contributed by atoms with Gasteiger partial charge in [0.2, 0.25) is 0 Å². The highest BCUT2D eigenvalue weighted by Gasteiger charge is 2.12. The van der Waals surface area contributed by atoms with E-state index < -0.39 is 0 Å². The Kier molecular flexibility index (Phi) is 5.78. The van der Waals surface area contributed by atoms with E-state index >= 15 is 0 Å². The van der Waals surface area contributed by atoms with Crippen LogP contribution in [0.25, 0.3) is 0 Å². The lowest BCUT2D eigenvalue weighted by molar-refractivity contribution is -0.119. The van der Waals surface area contributed by atoms with Crippen molar-refractivity contribution in [1.82, 2.24) is 0 Å². The molecule has 0 N–H and O–H groups in total. The Labute approximate surface area is 109 Å². The smallest absolute Gasteiger partial charge is 0.137 e. The molecule has 1 aromatic carbocycles. The lowest BCUT2D eigenvalue weighted by Crippen LogP contribution is -2.12. The van der Waals surface area contributed by atoms with Crippen LogP contribution in [0.3, 0.4) is 0 Å². The van der Waals surface area contributed by atoms with Crippen LogP contribution >= 0.6 is 15.9 Å². The fourth-order valence-electron chi connectivity index (χ4n) is 1.70. The van der Waals surface area contributed by atoms with Crippen LogP contribution in [0.4, 0.5) is 4.39 Å². The third kappa shape index (κ3) is 4.96. The van der Waals surface area contributed by atoms with Crippen molar-refractivity contribution in [2.24, 2.45) is 5.92 Å². The first kappa shape index (κ1) is 14.3. The van der Waals surface area contributed by atoms with Crippen molar-refractivity contribution < 1.29 is 13.9 Å². The van der Waals surface area contributed by atoms with E-state index in [4.69, 9.17) is 4.74 Å². The molecule has 0 heterocycles. The number of benzene rings is 1. The van der Waals surface area contributed by atoms with E-state index in [0.29, 0.717) is 18.6 Å². The van der Waals surface area contributed by atoms with Crippen molar-refractivity contribution >= 4 is 21.7 Å². The van der Waals surface area contributed by atoms with Gasteiger partial charge in [0, 0.05) is 31.0 Å². The second kappa shape index (κ2) is 6.87. The molecule has 0 bridgehead atoms. The number of Topliss-reactive ketones (excluding diaryl/α,β-unsaturated/α-hetero) is 1. The third-order valence-corrected chi connectivity index (χ3v) is 3.20. The Hall–Kier alpha value is -0.740. The van der Waals surface area contributed by atoms with Crippen molar-refractivity contribution in [3.8, 4) is 0 Å². The van der Waals surface area contributed by atoms with Crippen LogP contribution < -0.4 is 0 Å². The Bertz CT molecular complexity index is 393. The fraction of sp³-hybridized carbons (Fsp3) is 0.462. The maximum absolute atomic E-state index is 13.0. The van der Waals surface area contributed by atoms with E-state index in [1.54, 1.807) is 13.2 Å². The molecule has 0 saturated carbocycles. The van der Waals surface area contributed by atoms with E-state index in [-0.39, 0.29) is 23.9 Å². The van der Waals surface area contributed by atoms with E-state index in [0.717, 1.165) is 4.47 Å². The number of ether oxygens (including phenoxy) is 1. The molecule has 2 nitrogen and oxygen atoms in total. The highest BCUT2D eigenvalue weighted by atomic mass is 79.9. The zero-order valence-corrected chi connectivity index (χ0v) is 11.6. The average Bonchev–Trinajstić information content (AvgIpc) is 2.23. The minimum atomic E-state index is -0.319. The van der Waals surface area contributed by atoms with Crippen molar-refractivity contribution in [3.05, 3.63) is 34.1 Å². The Morgan fingerprint density at radius 2 is 2.24 bits per heavy atom. The maximum atomic E-state index is 13.0. The van der Waals surface area contributed by atoms with Crippen LogP contribution in [-0.2, 0) is 16.0 Å². The molecular weight excluding hydrogens is 287 g/mol. The highest BCUT2D eigenvalue weighted by Crippen LogP contribution is 2.19. The summed E-state index contributed by atoms with van der Waals surface area (Å²) in [4.78, 5) is 11.8. The summed E-state index contributed by atoms with van der Waals surface area (Å²) in [6, 6.07) is 4.38. The molecule has 4 heteroatoms. The summed E-state index contributed by atoms with van der Waals surface area (Å²) in [7, 11) is 1.62. The average molecular weight is 303 g/mol. The molecule has 0 radical (unpaired) electrons. The minimum Gasteiger partial charge on any atom is -0.384 e. The molecule has 1 unspecified atom stereocenters. The van der Waals surface area contributed by atoms with Gasteiger partial charge >= 0.3 is 0 Å². The second-order valence-corrected chi connectivity index (χ2v) is 5.07. The van der Waals surface area contributed by atoms with Crippen LogP contribution in [0.5, 0.6) is 0 Å². The van der Waals surface area contributed by atoms with E-state index in [9.17, 15) is 9.18 Å². The van der Waals surface area contributed by atoms with E-state index in [2.05, 4.69) is 15.9 Å². The molecule has 0 aliphatic carbocycles. The molecule has 0 saturated heterocycles. The van der Waals surface area contributed by atoms with Crippen LogP contribution in [0.15, 0.2) is 22.7 Å². The molecule has 1 aromatic rings. The molecule has 0 fully saturated rings. The fourth-order valence-corrected chi connectivity index (χ4v) is 2.08. The molecule has 0 spiro atoms. The van der Waals surface area contributed by atoms with Crippen LogP contribution in [0, 0.1) is 11.7 Å². The molecule has 0 aliphatic rings. The second-order valence-electron chi connectivity index (χ2n) is 4.22. The minimum absolute atomic E-state index is 0.0980. The number of methoxy groups -OCH3 is 1. The third-order valence-electron chi connectivity index (χ3n) is 2.42. The lowest BCUT2D eigenvalue weighted by atomic mass is 10.0. The predicted octanol–water partition coefficient (Wildman–Crippen LogP) is 3.37. The predicted molar refractivity (Wildman–Crippen MR) is 68.5 cm³/mol. The first-order chi connectivity index (χ1) is 8.02. The molecule has 94 valence electrons. The number of hydrogen-bond acceptors (Lipinski definition) is 2. The number of carbonyl (C=O) groups is 1. The van der Waals surface area contributed by atoms with Crippen LogP contribution in [0.1, 0.15) is 18.9 Å². The maximum Gasteiger partial charge on any atom is 0.137 e. The van der Waals surface area contributed by atoms with Gasteiger partial charge in [-0.1, -0.05) is 22.9 Å². The van der Waals surface area contributed by atoms with E-state index in [1.165, 1.54) is 12.1 Å². The number of halogens is 2. The van der Waals surface area contributed by atoms with Gasteiger partial charge in [0.25, 0.3) is 0 Å². The quantitative estimate of drug-likeness (QED) is 0.805. The van der Waals surface area contributed by atoms with Gasteiger partial charge in [0.15, 0.2) is 0 Å². The van der Waals surface area contributed by atoms with Gasteiger partial charge in [-0.25, -0.2) is 4.39 Å². The standard InChI is InChI=1S/C13H16BrFO2/c1-9(8-17-2)5-12(16)7-10-6-11(15)3-4-13(10)14/h3-4,6,9H,5,7-8H2,1-2H3. The number of rotatable bonds is 6. The molecule has 0 aromatic heterocycles. The summed E-state index contributed by atoms with van der Waals surface area (Å²) in [6.45, 7) is 2.53. The Morgan fingerprint density at radius 3 is 2.88 bits per heavy atom. The largest absolute Gasteiger partial charge is 0.384 e. The van der Waals surface area contributed by atoms with Crippen LogP contribution in [0.2, 0.25) is 0 Å². The summed E-state index contributed by atoms with van der Waals surface area (Å²) < 4.78 is 18.8. The monoisotopic (exact) mass is 302 g/mol. The topological polar surface area (TPSA) is 26.3 Å². The molecule has 1 rings (SSSR count). The van der Waals surface area contributed by atoms with Gasteiger partial charge in [0.05, 0.1) is 0 Å². The SMILES string of the molecule is COCC(C)CC(=O)Cc1cc(F)ccc1Br. The van der Waals surface area contributed by atoms with Gasteiger partial charge < -0.3 is 4.74 Å². The molecule has 17 heavy (non-hydrogen) atoms. The van der Waals surface area contributed by atoms with Crippen LogP contribution in [-0.4, -0.2) is 19.5 Å². The van der Waals surface area contributed by atoms with E-state index in [1.807, 2.05) is 6.92 Å². The van der Waals surface area contributed by atoms with Gasteiger partial charge in [-0.05, 0) is 29.7 Å². The summed E-state index contributed by atoms with van der Waals surface area (Å²) in [5.74, 6) is -0.0263. The summed E-state index contributed by atoms with van der Waals surface area (Å²) >= 11 is 3.31. The summed E-state index contributed by atoms with van der Waals surface area (Å²) in [5, 5.41) is 0. The van der Waals surface area contributed by atoms with Crippen molar-refractivity contribution in [1.29, 1.82) is 0 Å². The van der Waals surface area contributed by atoms with Gasteiger partial charge in [-0.2, -0.15) is 0 Å². The first-order valence-electron chi connectivity index (χ1n) is 5.47. The molecule has 0 aliphatic heterocycles. The summed E-state index contributed by atoms with van der Waals surface area (Å²) in [6.07, 6.45) is 0.711. The van der Waals surface area contributed by atoms with Crippen molar-refractivity contribution in [2.75, 3.05) is 13.7 Å². The zero-order valence-electron chi connectivity index (χ0n) is 10.0. The van der Waals surface area contributed by atoms with Crippen molar-refractivity contribution in [3.63, 3.8) is 0 Å². The summed E-state index contributed by atoms with van der Waals surface area (Å²) in [5.41, 5.74) is 0.694. The lowest BCUT2D eigenvalue weighted by Gasteiger charge is -2.09.